The van der Waals surface area contributed by atoms with Crippen LogP contribution >= 0.6 is 0 Å². The summed E-state index contributed by atoms with van der Waals surface area (Å²) in [6.45, 7) is 7.62. The molecule has 5 atom stereocenters. The second kappa shape index (κ2) is 11.8. The lowest BCUT2D eigenvalue weighted by Crippen LogP contribution is -2.47. The zero-order valence-corrected chi connectivity index (χ0v) is 24.2. The molecule has 0 radical (unpaired) electrons. The summed E-state index contributed by atoms with van der Waals surface area (Å²) in [7, 11) is 0. The van der Waals surface area contributed by atoms with Gasteiger partial charge in [-0.25, -0.2) is 4.79 Å². The number of hydrogen-bond acceptors (Lipinski definition) is 7. The van der Waals surface area contributed by atoms with E-state index in [1.165, 1.54) is 0 Å². The predicted molar refractivity (Wildman–Crippen MR) is 159 cm³/mol. The SMILES string of the molecule is CC(C)=C1CC(C2(c3coc(=O)[nH]c3=O)O[C@H](CO)[C@@H](O)[C@H]2O)=CC(C(c2ccccc2)c2ccccc2)C1=C(C)C. The molecule has 1 aromatic heterocycles. The molecule has 0 amide bonds. The van der Waals surface area contributed by atoms with Crippen LogP contribution in [0.1, 0.15) is 56.7 Å². The quantitative estimate of drug-likeness (QED) is 0.328. The van der Waals surface area contributed by atoms with E-state index in [1.807, 2.05) is 56.3 Å². The minimum atomic E-state index is -1.89. The van der Waals surface area contributed by atoms with Crippen molar-refractivity contribution in [2.75, 3.05) is 6.61 Å². The first-order chi connectivity index (χ1) is 20.1. The molecule has 2 aliphatic rings. The number of aliphatic hydroxyl groups is 3. The maximum atomic E-state index is 13.3. The van der Waals surface area contributed by atoms with Gasteiger partial charge in [-0.05, 0) is 62.0 Å². The van der Waals surface area contributed by atoms with Crippen molar-refractivity contribution in [2.24, 2.45) is 5.92 Å². The Labute approximate surface area is 244 Å². The first-order valence-electron chi connectivity index (χ1n) is 14.1. The predicted octanol–water partition coefficient (Wildman–Crippen LogP) is 4.09. The Hall–Kier alpha value is -3.82. The van der Waals surface area contributed by atoms with Gasteiger partial charge >= 0.3 is 5.76 Å². The van der Waals surface area contributed by atoms with Crippen molar-refractivity contribution in [3.05, 3.63) is 138 Å². The molecule has 2 unspecified atom stereocenters. The summed E-state index contributed by atoms with van der Waals surface area (Å²) < 4.78 is 11.4. The lowest BCUT2D eigenvalue weighted by atomic mass is 9.65. The highest BCUT2D eigenvalue weighted by atomic mass is 16.6. The third kappa shape index (κ3) is 5.05. The van der Waals surface area contributed by atoms with E-state index in [2.05, 4.69) is 43.1 Å². The molecule has 220 valence electrons. The average molecular weight is 572 g/mol. The number of H-pyrrole nitrogens is 1. The fourth-order valence-corrected chi connectivity index (χ4v) is 6.61. The minimum absolute atomic E-state index is 0.150. The van der Waals surface area contributed by atoms with Crippen LogP contribution in [-0.2, 0) is 10.3 Å². The lowest BCUT2D eigenvalue weighted by Gasteiger charge is -2.41. The smallest absolute Gasteiger partial charge is 0.417 e. The molecule has 1 aliphatic heterocycles. The average Bonchev–Trinajstić information content (AvgIpc) is 3.24. The van der Waals surface area contributed by atoms with Crippen LogP contribution in [0, 0.1) is 5.92 Å². The standard InChI is InChI=1S/C34H37NO7/c1-19(2)24-15-23(34(26-18-41-33(40)35-32(26)39)31(38)30(37)27(17-36)42-34)16-25(28(24)20(3)4)29(21-11-7-5-8-12-21)22-13-9-6-10-14-22/h5-14,16,18,25,27,29-31,36-38H,15,17H2,1-4H3,(H,35,39,40)/t25?,27-,30-,31-,34?/m1/s1. The number of rotatable bonds is 6. The summed E-state index contributed by atoms with van der Waals surface area (Å²) in [5.74, 6) is -1.37. The highest BCUT2D eigenvalue weighted by Crippen LogP contribution is 2.53. The van der Waals surface area contributed by atoms with Crippen LogP contribution in [-0.4, -0.2) is 45.2 Å². The van der Waals surface area contributed by atoms with Gasteiger partial charge in [0.1, 0.15) is 24.6 Å². The third-order valence-electron chi connectivity index (χ3n) is 8.48. The fourth-order valence-electron chi connectivity index (χ4n) is 6.61. The number of ether oxygens (including phenoxy) is 1. The van der Waals surface area contributed by atoms with Crippen molar-refractivity contribution in [3.63, 3.8) is 0 Å². The number of aliphatic hydroxyl groups excluding tert-OH is 3. The molecule has 1 fully saturated rings. The Kier molecular flexibility index (Phi) is 8.35. The van der Waals surface area contributed by atoms with Gasteiger partial charge in [0.05, 0.1) is 12.2 Å². The molecule has 1 aliphatic carbocycles. The summed E-state index contributed by atoms with van der Waals surface area (Å²) >= 11 is 0. The van der Waals surface area contributed by atoms with Crippen molar-refractivity contribution < 1.29 is 24.5 Å². The Morgan fingerprint density at radius 1 is 0.952 bits per heavy atom. The highest BCUT2D eigenvalue weighted by Gasteiger charge is 2.59. The molecule has 8 heteroatoms. The Balaban J connectivity index is 1.85. The van der Waals surface area contributed by atoms with Crippen molar-refractivity contribution in [3.8, 4) is 0 Å². The monoisotopic (exact) mass is 571 g/mol. The van der Waals surface area contributed by atoms with Crippen molar-refractivity contribution >= 4 is 0 Å². The molecule has 2 heterocycles. The van der Waals surface area contributed by atoms with Crippen LogP contribution < -0.4 is 11.3 Å². The van der Waals surface area contributed by atoms with Crippen LogP contribution in [0.15, 0.2) is 115 Å². The van der Waals surface area contributed by atoms with Gasteiger partial charge < -0.3 is 24.5 Å². The van der Waals surface area contributed by atoms with Crippen molar-refractivity contribution in [1.29, 1.82) is 0 Å². The van der Waals surface area contributed by atoms with E-state index in [4.69, 9.17) is 9.15 Å². The topological polar surface area (TPSA) is 133 Å². The number of benzene rings is 2. The Bertz CT molecular complexity index is 1600. The summed E-state index contributed by atoms with van der Waals surface area (Å²) in [5, 5.41) is 32.7. The van der Waals surface area contributed by atoms with Gasteiger partial charge in [-0.1, -0.05) is 77.9 Å². The normalized spacial score (nSPS) is 26.0. The number of allylic oxidation sites excluding steroid dienone is 5. The van der Waals surface area contributed by atoms with Gasteiger partial charge in [0, 0.05) is 11.8 Å². The number of aromatic amines is 1. The van der Waals surface area contributed by atoms with E-state index in [0.29, 0.717) is 12.0 Å². The number of nitrogens with one attached hydrogen (secondary N) is 1. The molecule has 5 rings (SSSR count). The zero-order chi connectivity index (χ0) is 30.2. The van der Waals surface area contributed by atoms with Gasteiger partial charge in [-0.15, -0.1) is 0 Å². The van der Waals surface area contributed by atoms with E-state index < -0.39 is 41.8 Å². The fraction of sp³-hybridized carbons (Fsp3) is 0.353. The van der Waals surface area contributed by atoms with E-state index in [0.717, 1.165) is 39.7 Å². The largest absolute Gasteiger partial charge is 0.419 e. The molecule has 0 bridgehead atoms. The van der Waals surface area contributed by atoms with E-state index in [-0.39, 0.29) is 17.4 Å². The molecular weight excluding hydrogens is 534 g/mol. The van der Waals surface area contributed by atoms with Gasteiger partial charge in [-0.3, -0.25) is 9.78 Å². The number of aromatic nitrogens is 1. The Morgan fingerprint density at radius 2 is 1.55 bits per heavy atom. The molecule has 2 aromatic carbocycles. The zero-order valence-electron chi connectivity index (χ0n) is 24.2. The Morgan fingerprint density at radius 3 is 2.02 bits per heavy atom. The van der Waals surface area contributed by atoms with Gasteiger partial charge in [0.15, 0.2) is 5.60 Å². The lowest BCUT2D eigenvalue weighted by molar-refractivity contribution is -0.0771. The van der Waals surface area contributed by atoms with Crippen LogP contribution in [0.4, 0.5) is 0 Å². The molecular formula is C34H37NO7. The van der Waals surface area contributed by atoms with Crippen LogP contribution in [0.3, 0.4) is 0 Å². The summed E-state index contributed by atoms with van der Waals surface area (Å²) in [6.07, 6.45) is -0.995. The van der Waals surface area contributed by atoms with Gasteiger partial charge in [0.25, 0.3) is 5.56 Å². The molecule has 0 saturated carbocycles. The minimum Gasteiger partial charge on any atom is -0.417 e. The van der Waals surface area contributed by atoms with Crippen LogP contribution in [0.2, 0.25) is 0 Å². The van der Waals surface area contributed by atoms with E-state index >= 15 is 0 Å². The maximum absolute atomic E-state index is 13.3. The van der Waals surface area contributed by atoms with Crippen LogP contribution in [0.25, 0.3) is 0 Å². The summed E-state index contributed by atoms with van der Waals surface area (Å²) in [4.78, 5) is 27.3. The second-order valence-corrected chi connectivity index (χ2v) is 11.5. The van der Waals surface area contributed by atoms with Crippen molar-refractivity contribution in [2.45, 2.75) is 63.9 Å². The first-order valence-corrected chi connectivity index (χ1v) is 14.1. The van der Waals surface area contributed by atoms with E-state index in [1.54, 1.807) is 0 Å². The molecule has 0 spiro atoms. The molecule has 8 nitrogen and oxygen atoms in total. The van der Waals surface area contributed by atoms with Gasteiger partial charge in [0.2, 0.25) is 0 Å². The second-order valence-electron chi connectivity index (χ2n) is 11.5. The van der Waals surface area contributed by atoms with Crippen molar-refractivity contribution in [1.82, 2.24) is 4.98 Å². The molecule has 1 saturated heterocycles. The van der Waals surface area contributed by atoms with E-state index in [9.17, 15) is 24.9 Å². The highest BCUT2D eigenvalue weighted by molar-refractivity contribution is 5.54. The maximum Gasteiger partial charge on any atom is 0.419 e. The summed E-state index contributed by atoms with van der Waals surface area (Å²) in [5.41, 5.74) is 4.21. The first kappa shape index (κ1) is 29.7. The molecule has 3 aromatic rings. The molecule has 4 N–H and O–H groups in total. The van der Waals surface area contributed by atoms with Gasteiger partial charge in [-0.2, -0.15) is 0 Å². The van der Waals surface area contributed by atoms with Crippen LogP contribution in [0.5, 0.6) is 0 Å². The summed E-state index contributed by atoms with van der Waals surface area (Å²) in [6, 6.07) is 20.3. The number of hydrogen-bond donors (Lipinski definition) is 4. The third-order valence-corrected chi connectivity index (χ3v) is 8.48. The molecule has 42 heavy (non-hydrogen) atoms.